The van der Waals surface area contributed by atoms with Gasteiger partial charge in [-0.05, 0) is 66.0 Å². The second kappa shape index (κ2) is 11.0. The van der Waals surface area contributed by atoms with Crippen LogP contribution in [0, 0.1) is 0 Å². The van der Waals surface area contributed by atoms with Crippen LogP contribution in [0.5, 0.6) is 0 Å². The Morgan fingerprint density at radius 2 is 1.82 bits per heavy atom. The first-order valence-electron chi connectivity index (χ1n) is 15.7. The van der Waals surface area contributed by atoms with Gasteiger partial charge in [0.15, 0.2) is 29.0 Å². The lowest BCUT2D eigenvalue weighted by Crippen LogP contribution is -2.51. The lowest BCUT2D eigenvalue weighted by atomic mass is 9.95. The molecular formula is C32H41N7O6. The fraction of sp³-hybridized carbons (Fsp3) is 0.594. The van der Waals surface area contributed by atoms with E-state index >= 15 is 0 Å². The summed E-state index contributed by atoms with van der Waals surface area (Å²) in [5.41, 5.74) is 0.718. The molecule has 5 atom stereocenters. The minimum absolute atomic E-state index is 0.232. The molecule has 1 unspecified atom stereocenters. The molecule has 1 aromatic carbocycles. The molecule has 4 saturated heterocycles. The predicted molar refractivity (Wildman–Crippen MR) is 163 cm³/mol. The normalized spacial score (nSPS) is 29.5. The van der Waals surface area contributed by atoms with E-state index in [-0.39, 0.29) is 29.7 Å². The smallest absolute Gasteiger partial charge is 0.410 e. The van der Waals surface area contributed by atoms with Gasteiger partial charge in [0.1, 0.15) is 30.2 Å². The zero-order chi connectivity index (χ0) is 31.6. The summed E-state index contributed by atoms with van der Waals surface area (Å²) in [7, 11) is 0. The molecule has 0 bridgehead atoms. The molecule has 0 aliphatic carbocycles. The first-order valence-corrected chi connectivity index (χ1v) is 15.7. The standard InChI is InChI=1S/C32H41N7O6/c1-30(2,3)45-29(41)39-14-9-12-32(39)13-15-37(17-32)16-21-23-24(44-31(4,5)43-23)28(42-21)38-19-35-22-25(33-18-34-26(22)38)36-27(40)20-10-7-6-8-11-20/h6-8,10-11,18-19,21,23-24,28H,9,12-17H2,1-5H3,(H,33,34,36,40)/t21-,23-,24-,28-,32?/m1/s1. The summed E-state index contributed by atoms with van der Waals surface area (Å²) in [6.45, 7) is 12.5. The molecule has 2 amide bonds. The third-order valence-corrected chi connectivity index (χ3v) is 9.09. The molecule has 45 heavy (non-hydrogen) atoms. The highest BCUT2D eigenvalue weighted by atomic mass is 16.8. The largest absolute Gasteiger partial charge is 0.444 e. The average molecular weight is 620 g/mol. The van der Waals surface area contributed by atoms with Crippen LogP contribution < -0.4 is 5.32 Å². The van der Waals surface area contributed by atoms with E-state index in [9.17, 15) is 9.59 Å². The molecule has 2 aromatic heterocycles. The van der Waals surface area contributed by atoms with Crippen LogP contribution >= 0.6 is 0 Å². The van der Waals surface area contributed by atoms with Crippen molar-refractivity contribution in [3.8, 4) is 0 Å². The molecular weight excluding hydrogens is 578 g/mol. The van der Waals surface area contributed by atoms with Crippen LogP contribution in [-0.4, -0.2) is 103 Å². The Kier molecular flexibility index (Phi) is 7.34. The number of aromatic nitrogens is 4. The second-order valence-electron chi connectivity index (χ2n) is 13.9. The predicted octanol–water partition coefficient (Wildman–Crippen LogP) is 3.97. The van der Waals surface area contributed by atoms with Crippen molar-refractivity contribution in [2.75, 3.05) is 31.5 Å². The summed E-state index contributed by atoms with van der Waals surface area (Å²) in [5.74, 6) is -0.760. The number of amides is 2. The van der Waals surface area contributed by atoms with Crippen molar-refractivity contribution in [3.63, 3.8) is 0 Å². The zero-order valence-electron chi connectivity index (χ0n) is 26.4. The molecule has 4 aliphatic rings. The third-order valence-electron chi connectivity index (χ3n) is 9.09. The number of hydrogen-bond acceptors (Lipinski definition) is 10. The van der Waals surface area contributed by atoms with Crippen LogP contribution in [-0.2, 0) is 18.9 Å². The van der Waals surface area contributed by atoms with E-state index in [2.05, 4.69) is 25.2 Å². The van der Waals surface area contributed by atoms with Gasteiger partial charge in [0.05, 0.1) is 11.9 Å². The maximum Gasteiger partial charge on any atom is 0.410 e. The van der Waals surface area contributed by atoms with Crippen molar-refractivity contribution in [3.05, 3.63) is 48.5 Å². The Hall–Kier alpha value is -3.65. The molecule has 7 rings (SSSR count). The number of fused-ring (bicyclic) bond motifs is 2. The van der Waals surface area contributed by atoms with Crippen molar-refractivity contribution in [1.82, 2.24) is 29.3 Å². The minimum atomic E-state index is -0.791. The molecule has 1 spiro atoms. The highest BCUT2D eigenvalue weighted by Crippen LogP contribution is 2.45. The van der Waals surface area contributed by atoms with Gasteiger partial charge < -0.3 is 29.2 Å². The number of nitrogens with zero attached hydrogens (tertiary/aromatic N) is 6. The number of hydrogen-bond donors (Lipinski definition) is 1. The summed E-state index contributed by atoms with van der Waals surface area (Å²) in [4.78, 5) is 43.7. The molecule has 6 heterocycles. The molecule has 4 aliphatic heterocycles. The summed E-state index contributed by atoms with van der Waals surface area (Å²) < 4.78 is 27.1. The van der Waals surface area contributed by atoms with E-state index in [1.807, 2.05) is 50.2 Å². The number of likely N-dealkylation sites (tertiary alicyclic amines) is 2. The lowest BCUT2D eigenvalue weighted by Gasteiger charge is -2.36. The van der Waals surface area contributed by atoms with Gasteiger partial charge in [-0.2, -0.15) is 0 Å². The molecule has 3 aromatic rings. The fourth-order valence-electron chi connectivity index (χ4n) is 7.24. The van der Waals surface area contributed by atoms with Crippen LogP contribution in [0.3, 0.4) is 0 Å². The topological polar surface area (TPSA) is 133 Å². The maximum atomic E-state index is 13.1. The Morgan fingerprint density at radius 3 is 2.60 bits per heavy atom. The monoisotopic (exact) mass is 619 g/mol. The number of benzene rings is 1. The van der Waals surface area contributed by atoms with E-state index in [4.69, 9.17) is 18.9 Å². The van der Waals surface area contributed by atoms with Gasteiger partial charge in [0.25, 0.3) is 5.91 Å². The van der Waals surface area contributed by atoms with E-state index in [1.54, 1.807) is 30.6 Å². The number of anilines is 1. The zero-order valence-corrected chi connectivity index (χ0v) is 26.4. The van der Waals surface area contributed by atoms with Crippen molar-refractivity contribution >= 4 is 29.0 Å². The van der Waals surface area contributed by atoms with Crippen molar-refractivity contribution in [2.45, 2.75) is 95.3 Å². The lowest BCUT2D eigenvalue weighted by molar-refractivity contribution is -0.197. The first-order chi connectivity index (χ1) is 21.4. The van der Waals surface area contributed by atoms with Crippen molar-refractivity contribution < 1.29 is 28.5 Å². The van der Waals surface area contributed by atoms with Gasteiger partial charge in [-0.3, -0.25) is 14.3 Å². The van der Waals surface area contributed by atoms with E-state index < -0.39 is 23.7 Å². The van der Waals surface area contributed by atoms with Crippen molar-refractivity contribution in [1.29, 1.82) is 0 Å². The Labute approximate surface area is 262 Å². The second-order valence-corrected chi connectivity index (χ2v) is 13.9. The summed E-state index contributed by atoms with van der Waals surface area (Å²) in [6, 6.07) is 8.95. The Balaban J connectivity index is 1.10. The van der Waals surface area contributed by atoms with Crippen LogP contribution in [0.25, 0.3) is 11.2 Å². The molecule has 0 saturated carbocycles. The third kappa shape index (κ3) is 5.66. The summed E-state index contributed by atoms with van der Waals surface area (Å²) in [6.07, 6.45) is 4.08. The number of ether oxygens (including phenoxy) is 4. The molecule has 0 radical (unpaired) electrons. The van der Waals surface area contributed by atoms with Gasteiger partial charge >= 0.3 is 6.09 Å². The van der Waals surface area contributed by atoms with Crippen LogP contribution in [0.2, 0.25) is 0 Å². The minimum Gasteiger partial charge on any atom is -0.444 e. The quantitative estimate of drug-likeness (QED) is 0.447. The highest BCUT2D eigenvalue weighted by molar-refractivity contribution is 6.06. The Morgan fingerprint density at radius 1 is 1.04 bits per heavy atom. The van der Waals surface area contributed by atoms with Gasteiger partial charge in [0.2, 0.25) is 0 Å². The molecule has 240 valence electrons. The van der Waals surface area contributed by atoms with Gasteiger partial charge in [-0.1, -0.05) is 18.2 Å². The number of carbonyl (C=O) groups is 2. The van der Waals surface area contributed by atoms with Crippen molar-refractivity contribution in [2.24, 2.45) is 0 Å². The Bertz CT molecular complexity index is 1590. The van der Waals surface area contributed by atoms with Crippen LogP contribution in [0.1, 0.15) is 70.5 Å². The van der Waals surface area contributed by atoms with Gasteiger partial charge in [-0.15, -0.1) is 0 Å². The first kappa shape index (κ1) is 30.0. The van der Waals surface area contributed by atoms with E-state index in [0.717, 1.165) is 32.4 Å². The number of nitrogens with one attached hydrogen (secondary N) is 1. The molecule has 4 fully saturated rings. The number of rotatable bonds is 5. The van der Waals surface area contributed by atoms with E-state index in [1.165, 1.54) is 6.33 Å². The number of carbonyl (C=O) groups excluding carboxylic acids is 2. The van der Waals surface area contributed by atoms with Gasteiger partial charge in [-0.25, -0.2) is 19.7 Å². The molecule has 13 nitrogen and oxygen atoms in total. The summed E-state index contributed by atoms with van der Waals surface area (Å²) >= 11 is 0. The summed E-state index contributed by atoms with van der Waals surface area (Å²) in [5, 5.41) is 2.86. The number of imidazole rings is 1. The highest BCUT2D eigenvalue weighted by Gasteiger charge is 2.57. The van der Waals surface area contributed by atoms with Crippen LogP contribution in [0.15, 0.2) is 43.0 Å². The van der Waals surface area contributed by atoms with E-state index in [0.29, 0.717) is 35.6 Å². The van der Waals surface area contributed by atoms with Crippen LogP contribution in [0.4, 0.5) is 10.6 Å². The average Bonchev–Trinajstić information content (AvgIpc) is 3.80. The maximum absolute atomic E-state index is 13.1. The molecule has 13 heteroatoms. The SMILES string of the molecule is CC(C)(C)OC(=O)N1CCCC12CCN(C[C@H]1O[C@@H](n3cnc4c(NC(=O)c5ccccc5)ncnc43)[C@@H]3OC(C)(C)O[C@@H]31)C2. The fourth-order valence-corrected chi connectivity index (χ4v) is 7.24. The van der Waals surface area contributed by atoms with Gasteiger partial charge in [0, 0.05) is 31.7 Å². The molecule has 1 N–H and O–H groups in total.